The zero-order valence-corrected chi connectivity index (χ0v) is 14.8. The van der Waals surface area contributed by atoms with E-state index < -0.39 is 0 Å². The minimum absolute atomic E-state index is 0.810. The summed E-state index contributed by atoms with van der Waals surface area (Å²) in [6, 6.07) is 0. The minimum atomic E-state index is 0.810. The van der Waals surface area contributed by atoms with Crippen LogP contribution in [0.5, 0.6) is 0 Å². The first-order chi connectivity index (χ1) is 10.7. The van der Waals surface area contributed by atoms with Crippen LogP contribution in [-0.4, -0.2) is 73.6 Å². The van der Waals surface area contributed by atoms with Gasteiger partial charge in [0.15, 0.2) is 0 Å². The highest BCUT2D eigenvalue weighted by Crippen LogP contribution is 2.30. The molecule has 2 atom stereocenters. The average Bonchev–Trinajstić information content (AvgIpc) is 3.04. The molecule has 0 saturated carbocycles. The predicted octanol–water partition coefficient (Wildman–Crippen LogP) is 2.69. The lowest BCUT2D eigenvalue weighted by atomic mass is 9.80. The maximum Gasteiger partial charge on any atom is 0.0110 e. The van der Waals surface area contributed by atoms with Gasteiger partial charge in [-0.05, 0) is 57.5 Å². The summed E-state index contributed by atoms with van der Waals surface area (Å²) in [6.45, 7) is 16.5. The van der Waals surface area contributed by atoms with Crippen molar-refractivity contribution in [3.8, 4) is 0 Å². The van der Waals surface area contributed by atoms with Gasteiger partial charge in [-0.1, -0.05) is 18.6 Å². The van der Waals surface area contributed by atoms with E-state index in [1.807, 2.05) is 0 Å². The zero-order valence-electron chi connectivity index (χ0n) is 14.8. The molecule has 0 radical (unpaired) electrons. The van der Waals surface area contributed by atoms with Gasteiger partial charge in [-0.2, -0.15) is 0 Å². The van der Waals surface area contributed by atoms with E-state index in [4.69, 9.17) is 0 Å². The maximum absolute atomic E-state index is 2.72. The van der Waals surface area contributed by atoms with E-state index in [9.17, 15) is 0 Å². The SMILES string of the molecule is CC1=CCC[C@@H](C)[C@H]1CN1CCN(CCN2CCCC2)CC1. The highest BCUT2D eigenvalue weighted by molar-refractivity contribution is 5.09. The number of hydrogen-bond donors (Lipinski definition) is 0. The van der Waals surface area contributed by atoms with Crippen molar-refractivity contribution in [2.45, 2.75) is 39.5 Å². The summed E-state index contributed by atoms with van der Waals surface area (Å²) >= 11 is 0. The normalized spacial score (nSPS) is 32.4. The van der Waals surface area contributed by atoms with Crippen LogP contribution in [0.2, 0.25) is 0 Å². The van der Waals surface area contributed by atoms with Crippen LogP contribution in [0.1, 0.15) is 39.5 Å². The molecule has 2 saturated heterocycles. The molecule has 0 aromatic carbocycles. The van der Waals surface area contributed by atoms with E-state index in [2.05, 4.69) is 34.6 Å². The Hall–Kier alpha value is -0.380. The van der Waals surface area contributed by atoms with E-state index in [0.717, 1.165) is 11.8 Å². The highest BCUT2D eigenvalue weighted by Gasteiger charge is 2.26. The Morgan fingerprint density at radius 3 is 2.14 bits per heavy atom. The second-order valence-corrected chi connectivity index (χ2v) is 7.80. The summed E-state index contributed by atoms with van der Waals surface area (Å²) in [5.41, 5.74) is 1.65. The zero-order chi connectivity index (χ0) is 15.4. The Morgan fingerprint density at radius 2 is 1.50 bits per heavy atom. The number of allylic oxidation sites excluding steroid dienone is 1. The Kier molecular flexibility index (Phi) is 5.95. The third kappa shape index (κ3) is 4.33. The van der Waals surface area contributed by atoms with E-state index >= 15 is 0 Å². The van der Waals surface area contributed by atoms with E-state index in [-0.39, 0.29) is 0 Å². The van der Waals surface area contributed by atoms with Gasteiger partial charge in [0.25, 0.3) is 0 Å². The van der Waals surface area contributed by atoms with Crippen LogP contribution in [0.4, 0.5) is 0 Å². The summed E-state index contributed by atoms with van der Waals surface area (Å²) in [7, 11) is 0. The quantitative estimate of drug-likeness (QED) is 0.723. The molecule has 2 fully saturated rings. The molecule has 126 valence electrons. The van der Waals surface area contributed by atoms with E-state index in [0.29, 0.717) is 0 Å². The molecule has 3 aliphatic rings. The van der Waals surface area contributed by atoms with Gasteiger partial charge in [0.1, 0.15) is 0 Å². The summed E-state index contributed by atoms with van der Waals surface area (Å²) in [6.07, 6.45) is 8.00. The standard InChI is InChI=1S/C19H35N3/c1-17-6-5-7-18(2)19(17)16-22-14-12-21(13-15-22)11-10-20-8-3-4-9-20/h6,18-19H,3-5,7-16H2,1-2H3/t18-,19+/m1/s1. The van der Waals surface area contributed by atoms with Crippen molar-refractivity contribution in [1.29, 1.82) is 0 Å². The molecule has 0 bridgehead atoms. The fraction of sp³-hybridized carbons (Fsp3) is 0.895. The summed E-state index contributed by atoms with van der Waals surface area (Å²) in [5, 5.41) is 0. The first-order valence-electron chi connectivity index (χ1n) is 9.56. The first-order valence-corrected chi connectivity index (χ1v) is 9.56. The lowest BCUT2D eigenvalue weighted by molar-refractivity contribution is 0.104. The molecule has 0 aromatic heterocycles. The van der Waals surface area contributed by atoms with Crippen LogP contribution in [0, 0.1) is 11.8 Å². The molecule has 1 aliphatic carbocycles. The van der Waals surface area contributed by atoms with Crippen LogP contribution in [0.3, 0.4) is 0 Å². The Labute approximate surface area is 137 Å². The predicted molar refractivity (Wildman–Crippen MR) is 94.2 cm³/mol. The molecule has 0 unspecified atom stereocenters. The van der Waals surface area contributed by atoms with Crippen molar-refractivity contribution in [2.24, 2.45) is 11.8 Å². The molecule has 0 aromatic rings. The first kappa shape index (κ1) is 16.5. The largest absolute Gasteiger partial charge is 0.302 e. The fourth-order valence-electron chi connectivity index (χ4n) is 4.46. The second kappa shape index (κ2) is 7.94. The number of piperazine rings is 1. The molecule has 22 heavy (non-hydrogen) atoms. The number of hydrogen-bond acceptors (Lipinski definition) is 3. The summed E-state index contributed by atoms with van der Waals surface area (Å²) < 4.78 is 0. The molecule has 3 rings (SSSR count). The van der Waals surface area contributed by atoms with Crippen molar-refractivity contribution >= 4 is 0 Å². The van der Waals surface area contributed by atoms with Crippen molar-refractivity contribution in [1.82, 2.24) is 14.7 Å². The third-order valence-electron chi connectivity index (χ3n) is 6.21. The maximum atomic E-state index is 2.72. The molecule has 0 amide bonds. The molecular weight excluding hydrogens is 270 g/mol. The smallest absolute Gasteiger partial charge is 0.0110 e. The minimum Gasteiger partial charge on any atom is -0.302 e. The highest BCUT2D eigenvalue weighted by atomic mass is 15.3. The molecule has 0 N–H and O–H groups in total. The monoisotopic (exact) mass is 305 g/mol. The Balaban J connectivity index is 1.38. The molecule has 2 aliphatic heterocycles. The molecule has 3 nitrogen and oxygen atoms in total. The van der Waals surface area contributed by atoms with Gasteiger partial charge in [-0.3, -0.25) is 4.90 Å². The van der Waals surface area contributed by atoms with Gasteiger partial charge in [0.05, 0.1) is 0 Å². The number of likely N-dealkylation sites (tertiary alicyclic amines) is 1. The van der Waals surface area contributed by atoms with Gasteiger partial charge in [0, 0.05) is 45.8 Å². The van der Waals surface area contributed by atoms with Crippen LogP contribution < -0.4 is 0 Å². The molecule has 0 spiro atoms. The molecule has 2 heterocycles. The van der Waals surface area contributed by atoms with Crippen LogP contribution >= 0.6 is 0 Å². The lowest BCUT2D eigenvalue weighted by Gasteiger charge is -2.39. The van der Waals surface area contributed by atoms with Crippen molar-refractivity contribution < 1.29 is 0 Å². The molecule has 3 heteroatoms. The average molecular weight is 306 g/mol. The van der Waals surface area contributed by atoms with E-state index in [1.165, 1.54) is 84.6 Å². The summed E-state index contributed by atoms with van der Waals surface area (Å²) in [4.78, 5) is 8.04. The lowest BCUT2D eigenvalue weighted by Crippen LogP contribution is -2.50. The summed E-state index contributed by atoms with van der Waals surface area (Å²) in [5.74, 6) is 1.68. The van der Waals surface area contributed by atoms with Crippen molar-refractivity contribution in [3.05, 3.63) is 11.6 Å². The van der Waals surface area contributed by atoms with Gasteiger partial charge >= 0.3 is 0 Å². The van der Waals surface area contributed by atoms with Gasteiger partial charge in [0.2, 0.25) is 0 Å². The van der Waals surface area contributed by atoms with Gasteiger partial charge < -0.3 is 9.80 Å². The second-order valence-electron chi connectivity index (χ2n) is 7.80. The Morgan fingerprint density at radius 1 is 0.909 bits per heavy atom. The van der Waals surface area contributed by atoms with Gasteiger partial charge in [-0.25, -0.2) is 0 Å². The molecular formula is C19H35N3. The fourth-order valence-corrected chi connectivity index (χ4v) is 4.46. The van der Waals surface area contributed by atoms with Crippen LogP contribution in [0.25, 0.3) is 0 Å². The Bertz CT molecular complexity index is 365. The van der Waals surface area contributed by atoms with Crippen molar-refractivity contribution in [3.63, 3.8) is 0 Å². The van der Waals surface area contributed by atoms with Crippen molar-refractivity contribution in [2.75, 3.05) is 58.9 Å². The van der Waals surface area contributed by atoms with E-state index in [1.54, 1.807) is 5.57 Å². The number of nitrogens with zero attached hydrogens (tertiary/aromatic N) is 3. The van der Waals surface area contributed by atoms with Gasteiger partial charge in [-0.15, -0.1) is 0 Å². The van der Waals surface area contributed by atoms with Crippen LogP contribution in [0.15, 0.2) is 11.6 Å². The topological polar surface area (TPSA) is 9.72 Å². The van der Waals surface area contributed by atoms with Crippen LogP contribution in [-0.2, 0) is 0 Å². The third-order valence-corrected chi connectivity index (χ3v) is 6.21. The number of rotatable bonds is 5.